The molecule has 0 bridgehead atoms. The molecular weight excluding hydrogens is 310 g/mol. The molecule has 4 rings (SSSR count). The van der Waals surface area contributed by atoms with E-state index in [4.69, 9.17) is 4.98 Å². The van der Waals surface area contributed by atoms with Gasteiger partial charge in [-0.15, -0.1) is 0 Å². The number of anilines is 1. The number of hydrogen-bond donors (Lipinski definition) is 0. The Balaban J connectivity index is 1.29. The van der Waals surface area contributed by atoms with Crippen molar-refractivity contribution in [2.45, 2.75) is 38.6 Å². The molecule has 4 heterocycles. The molecule has 0 unspecified atom stereocenters. The molecular formula is C20H27N5. The maximum absolute atomic E-state index is 4.80. The summed E-state index contributed by atoms with van der Waals surface area (Å²) in [5.41, 5.74) is 2.57. The highest BCUT2D eigenvalue weighted by atomic mass is 15.3. The Labute approximate surface area is 150 Å². The Kier molecular flexibility index (Phi) is 5.21. The van der Waals surface area contributed by atoms with Crippen LogP contribution in [0.5, 0.6) is 0 Å². The van der Waals surface area contributed by atoms with Gasteiger partial charge in [0.1, 0.15) is 0 Å². The lowest BCUT2D eigenvalue weighted by atomic mass is 9.90. The molecule has 0 radical (unpaired) electrons. The van der Waals surface area contributed by atoms with Crippen LogP contribution < -0.4 is 4.90 Å². The number of piperidine rings is 1. The first-order valence-electron chi connectivity index (χ1n) is 9.55. The summed E-state index contributed by atoms with van der Waals surface area (Å²) in [4.78, 5) is 18.2. The Hall–Kier alpha value is -2.01. The van der Waals surface area contributed by atoms with E-state index in [0.29, 0.717) is 0 Å². The molecule has 5 heteroatoms. The van der Waals surface area contributed by atoms with Gasteiger partial charge in [0.15, 0.2) is 0 Å². The fraction of sp³-hybridized carbons (Fsp3) is 0.550. The zero-order valence-electron chi connectivity index (χ0n) is 14.8. The minimum atomic E-state index is 0.796. The predicted octanol–water partition coefficient (Wildman–Crippen LogP) is 2.93. The monoisotopic (exact) mass is 337 g/mol. The molecule has 132 valence electrons. The lowest BCUT2D eigenvalue weighted by Gasteiger charge is -2.31. The first kappa shape index (κ1) is 16.5. The molecule has 0 amide bonds. The lowest BCUT2D eigenvalue weighted by molar-refractivity contribution is 0.175. The summed E-state index contributed by atoms with van der Waals surface area (Å²) in [5, 5.41) is 0. The molecule has 2 aromatic heterocycles. The highest BCUT2D eigenvalue weighted by molar-refractivity contribution is 5.31. The minimum Gasteiger partial charge on any atom is -0.341 e. The molecule has 0 spiro atoms. The lowest BCUT2D eigenvalue weighted by Crippen LogP contribution is -2.34. The van der Waals surface area contributed by atoms with Crippen LogP contribution in [0.4, 0.5) is 5.95 Å². The molecule has 2 fully saturated rings. The van der Waals surface area contributed by atoms with E-state index in [9.17, 15) is 0 Å². The molecule has 2 saturated heterocycles. The van der Waals surface area contributed by atoms with E-state index in [0.717, 1.165) is 37.2 Å². The van der Waals surface area contributed by atoms with Crippen molar-refractivity contribution in [1.82, 2.24) is 19.9 Å². The smallest absolute Gasteiger partial charge is 0.225 e. The van der Waals surface area contributed by atoms with Crippen LogP contribution in [0.2, 0.25) is 0 Å². The summed E-state index contributed by atoms with van der Waals surface area (Å²) in [6.07, 6.45) is 12.0. The summed E-state index contributed by atoms with van der Waals surface area (Å²) in [6.45, 7) is 5.48. The third-order valence-corrected chi connectivity index (χ3v) is 5.46. The maximum Gasteiger partial charge on any atom is 0.225 e. The SMILES string of the molecule is c1cc(CC2CCN(Cc3ccnc(N4CCCC4)n3)CC2)ccn1. The average Bonchev–Trinajstić information content (AvgIpc) is 3.19. The van der Waals surface area contributed by atoms with Crippen molar-refractivity contribution < 1.29 is 0 Å². The third kappa shape index (κ3) is 4.34. The van der Waals surface area contributed by atoms with Gasteiger partial charge in [0.2, 0.25) is 5.95 Å². The number of aromatic nitrogens is 3. The van der Waals surface area contributed by atoms with Crippen LogP contribution in [-0.2, 0) is 13.0 Å². The summed E-state index contributed by atoms with van der Waals surface area (Å²) in [6, 6.07) is 6.36. The van der Waals surface area contributed by atoms with Gasteiger partial charge in [0, 0.05) is 38.2 Å². The second-order valence-electron chi connectivity index (χ2n) is 7.32. The number of nitrogens with zero attached hydrogens (tertiary/aromatic N) is 5. The van der Waals surface area contributed by atoms with E-state index in [1.54, 1.807) is 0 Å². The van der Waals surface area contributed by atoms with Crippen LogP contribution >= 0.6 is 0 Å². The zero-order chi connectivity index (χ0) is 16.9. The molecule has 0 aromatic carbocycles. The molecule has 0 saturated carbocycles. The second-order valence-corrected chi connectivity index (χ2v) is 7.32. The van der Waals surface area contributed by atoms with Crippen LogP contribution in [0, 0.1) is 5.92 Å². The Bertz CT molecular complexity index is 661. The van der Waals surface area contributed by atoms with Gasteiger partial charge in [-0.3, -0.25) is 9.88 Å². The van der Waals surface area contributed by atoms with Crippen molar-refractivity contribution in [1.29, 1.82) is 0 Å². The third-order valence-electron chi connectivity index (χ3n) is 5.46. The fourth-order valence-electron chi connectivity index (χ4n) is 3.97. The number of pyridine rings is 1. The van der Waals surface area contributed by atoms with Gasteiger partial charge in [0.05, 0.1) is 5.69 Å². The summed E-state index contributed by atoms with van der Waals surface area (Å²) >= 11 is 0. The standard InChI is InChI=1S/C20H27N5/c1-2-12-25(11-1)20-22-10-5-19(23-20)16-24-13-6-18(7-14-24)15-17-3-8-21-9-4-17/h3-5,8-10,18H,1-2,6-7,11-16H2. The summed E-state index contributed by atoms with van der Waals surface area (Å²) < 4.78 is 0. The quantitative estimate of drug-likeness (QED) is 0.839. The Morgan fingerprint density at radius 3 is 2.44 bits per heavy atom. The largest absolute Gasteiger partial charge is 0.341 e. The minimum absolute atomic E-state index is 0.796. The molecule has 2 aliphatic heterocycles. The predicted molar refractivity (Wildman–Crippen MR) is 99.4 cm³/mol. The van der Waals surface area contributed by atoms with Gasteiger partial charge in [0.25, 0.3) is 0 Å². The van der Waals surface area contributed by atoms with Gasteiger partial charge in [-0.1, -0.05) is 0 Å². The van der Waals surface area contributed by atoms with Crippen LogP contribution in [-0.4, -0.2) is 46.0 Å². The Morgan fingerprint density at radius 1 is 0.920 bits per heavy atom. The highest BCUT2D eigenvalue weighted by Crippen LogP contribution is 2.23. The number of hydrogen-bond acceptors (Lipinski definition) is 5. The van der Waals surface area contributed by atoms with Crippen molar-refractivity contribution in [2.75, 3.05) is 31.1 Å². The van der Waals surface area contributed by atoms with E-state index >= 15 is 0 Å². The first-order chi connectivity index (χ1) is 12.4. The van der Waals surface area contributed by atoms with Crippen LogP contribution in [0.15, 0.2) is 36.8 Å². The van der Waals surface area contributed by atoms with E-state index < -0.39 is 0 Å². The number of likely N-dealkylation sites (tertiary alicyclic amines) is 1. The van der Waals surface area contributed by atoms with Gasteiger partial charge >= 0.3 is 0 Å². The van der Waals surface area contributed by atoms with E-state index in [1.165, 1.54) is 50.8 Å². The van der Waals surface area contributed by atoms with Crippen molar-refractivity contribution >= 4 is 5.95 Å². The van der Waals surface area contributed by atoms with Crippen LogP contribution in [0.25, 0.3) is 0 Å². The van der Waals surface area contributed by atoms with Crippen molar-refractivity contribution in [3.63, 3.8) is 0 Å². The molecule has 0 N–H and O–H groups in total. The zero-order valence-corrected chi connectivity index (χ0v) is 14.8. The molecule has 0 atom stereocenters. The second kappa shape index (κ2) is 7.91. The molecule has 5 nitrogen and oxygen atoms in total. The first-order valence-corrected chi connectivity index (χ1v) is 9.55. The van der Waals surface area contributed by atoms with E-state index in [1.807, 2.05) is 18.6 Å². The normalized spacial score (nSPS) is 19.4. The van der Waals surface area contributed by atoms with Gasteiger partial charge < -0.3 is 4.90 Å². The Morgan fingerprint density at radius 2 is 1.68 bits per heavy atom. The van der Waals surface area contributed by atoms with Crippen molar-refractivity contribution in [2.24, 2.45) is 5.92 Å². The molecule has 0 aliphatic carbocycles. The maximum atomic E-state index is 4.80. The summed E-state index contributed by atoms with van der Waals surface area (Å²) in [7, 11) is 0. The van der Waals surface area contributed by atoms with E-state index in [2.05, 4.69) is 38.0 Å². The van der Waals surface area contributed by atoms with Gasteiger partial charge in [-0.05, 0) is 74.9 Å². The average molecular weight is 337 g/mol. The van der Waals surface area contributed by atoms with E-state index in [-0.39, 0.29) is 0 Å². The topological polar surface area (TPSA) is 45.2 Å². The molecule has 2 aromatic rings. The van der Waals surface area contributed by atoms with Crippen molar-refractivity contribution in [3.8, 4) is 0 Å². The van der Waals surface area contributed by atoms with Crippen LogP contribution in [0.1, 0.15) is 36.9 Å². The molecule has 2 aliphatic rings. The van der Waals surface area contributed by atoms with Gasteiger partial charge in [-0.25, -0.2) is 9.97 Å². The summed E-state index contributed by atoms with van der Waals surface area (Å²) in [5.74, 6) is 1.71. The van der Waals surface area contributed by atoms with Gasteiger partial charge in [-0.2, -0.15) is 0 Å². The van der Waals surface area contributed by atoms with Crippen molar-refractivity contribution in [3.05, 3.63) is 48.0 Å². The fourth-order valence-corrected chi connectivity index (χ4v) is 3.97. The number of rotatable bonds is 5. The molecule has 25 heavy (non-hydrogen) atoms. The highest BCUT2D eigenvalue weighted by Gasteiger charge is 2.21. The van der Waals surface area contributed by atoms with Crippen LogP contribution in [0.3, 0.4) is 0 Å².